The highest BCUT2D eigenvalue weighted by Gasteiger charge is 2.40. The van der Waals surface area contributed by atoms with Gasteiger partial charge in [-0.05, 0) is 22.8 Å². The zero-order chi connectivity index (χ0) is 19.4. The van der Waals surface area contributed by atoms with Crippen LogP contribution in [0, 0.1) is 0 Å². The summed E-state index contributed by atoms with van der Waals surface area (Å²) in [5.41, 5.74) is 3.45. The maximum atomic E-state index is 10.1. The first-order valence-electron chi connectivity index (χ1n) is 9.27. The summed E-state index contributed by atoms with van der Waals surface area (Å²) in [6.07, 6.45) is 0. The van der Waals surface area contributed by atoms with Gasteiger partial charge in [0, 0.05) is 0 Å². The second kappa shape index (κ2) is 7.80. The van der Waals surface area contributed by atoms with Gasteiger partial charge in [0.25, 0.3) is 0 Å². The van der Waals surface area contributed by atoms with Crippen molar-refractivity contribution in [3.05, 3.63) is 125 Å². The van der Waals surface area contributed by atoms with Gasteiger partial charge in [-0.3, -0.25) is 0 Å². The van der Waals surface area contributed by atoms with Gasteiger partial charge in [-0.2, -0.15) is 5.10 Å². The van der Waals surface area contributed by atoms with E-state index in [1.807, 2.05) is 59.3 Å². The highest BCUT2D eigenvalue weighted by molar-refractivity contribution is 5.50. The van der Waals surface area contributed by atoms with Gasteiger partial charge in [-0.15, -0.1) is 0 Å². The summed E-state index contributed by atoms with van der Waals surface area (Å²) < 4.78 is 1.85. The second-order valence-electron chi connectivity index (χ2n) is 6.66. The lowest BCUT2D eigenvalue weighted by molar-refractivity contribution is 0.258. The van der Waals surface area contributed by atoms with E-state index >= 15 is 0 Å². The van der Waals surface area contributed by atoms with E-state index in [0.29, 0.717) is 11.4 Å². The van der Waals surface area contributed by atoms with Crippen LogP contribution >= 0.6 is 0 Å². The summed E-state index contributed by atoms with van der Waals surface area (Å²) in [5.74, 6) is 0. The molecule has 0 saturated heterocycles. The molecule has 0 spiro atoms. The van der Waals surface area contributed by atoms with E-state index in [1.54, 1.807) is 6.07 Å². The molecule has 4 heteroatoms. The van der Waals surface area contributed by atoms with Gasteiger partial charge >= 0.3 is 0 Å². The maximum absolute atomic E-state index is 10.1. The molecule has 0 aliphatic heterocycles. The van der Waals surface area contributed by atoms with Gasteiger partial charge in [0.15, 0.2) is 0 Å². The topological polar surface area (TPSA) is 58.3 Å². The van der Waals surface area contributed by atoms with E-state index in [2.05, 4.69) is 36.4 Å². The van der Waals surface area contributed by atoms with Crippen LogP contribution in [0.5, 0.6) is 0 Å². The molecule has 1 aromatic heterocycles. The highest BCUT2D eigenvalue weighted by Crippen LogP contribution is 2.41. The van der Waals surface area contributed by atoms with Gasteiger partial charge in [0.2, 0.25) is 0 Å². The van der Waals surface area contributed by atoms with Crippen molar-refractivity contribution >= 4 is 0 Å². The number of benzene rings is 3. The van der Waals surface area contributed by atoms with Crippen LogP contribution in [0.15, 0.2) is 97.1 Å². The fourth-order valence-electron chi connectivity index (χ4n) is 3.86. The normalized spacial score (nSPS) is 11.5. The second-order valence-corrected chi connectivity index (χ2v) is 6.66. The van der Waals surface area contributed by atoms with Crippen LogP contribution in [0.3, 0.4) is 0 Å². The predicted molar refractivity (Wildman–Crippen MR) is 109 cm³/mol. The number of aliphatic hydroxyl groups is 2. The molecule has 0 aliphatic rings. The number of hydrogen-bond donors (Lipinski definition) is 2. The van der Waals surface area contributed by atoms with E-state index in [0.717, 1.165) is 16.7 Å². The van der Waals surface area contributed by atoms with Crippen molar-refractivity contribution in [3.63, 3.8) is 0 Å². The Hall–Kier alpha value is -3.21. The molecule has 0 unspecified atom stereocenters. The molecule has 0 aliphatic carbocycles. The molecule has 0 atom stereocenters. The van der Waals surface area contributed by atoms with E-state index in [-0.39, 0.29) is 13.2 Å². The Bertz CT molecular complexity index is 932. The first-order chi connectivity index (χ1) is 13.8. The zero-order valence-electron chi connectivity index (χ0n) is 15.4. The molecule has 4 aromatic rings. The van der Waals surface area contributed by atoms with Gasteiger partial charge < -0.3 is 10.2 Å². The van der Waals surface area contributed by atoms with E-state index in [9.17, 15) is 10.2 Å². The number of aromatic nitrogens is 2. The van der Waals surface area contributed by atoms with Crippen molar-refractivity contribution in [2.45, 2.75) is 18.8 Å². The minimum absolute atomic E-state index is 0.179. The monoisotopic (exact) mass is 370 g/mol. The quantitative estimate of drug-likeness (QED) is 0.509. The Balaban J connectivity index is 2.15. The van der Waals surface area contributed by atoms with Crippen molar-refractivity contribution < 1.29 is 10.2 Å². The number of nitrogens with zero attached hydrogens (tertiary/aromatic N) is 2. The molecule has 1 heterocycles. The Morgan fingerprint density at radius 3 is 1.43 bits per heavy atom. The first-order valence-corrected chi connectivity index (χ1v) is 9.27. The molecule has 140 valence electrons. The third kappa shape index (κ3) is 2.93. The minimum atomic E-state index is -0.782. The lowest BCUT2D eigenvalue weighted by atomic mass is 9.77. The summed E-state index contributed by atoms with van der Waals surface area (Å²) >= 11 is 0. The van der Waals surface area contributed by atoms with Crippen molar-refractivity contribution in [1.82, 2.24) is 9.78 Å². The van der Waals surface area contributed by atoms with Crippen LogP contribution in [0.1, 0.15) is 28.1 Å². The third-order valence-electron chi connectivity index (χ3n) is 5.05. The molecule has 0 fully saturated rings. The van der Waals surface area contributed by atoms with Crippen LogP contribution in [0.2, 0.25) is 0 Å². The number of hydrogen-bond acceptors (Lipinski definition) is 3. The van der Waals surface area contributed by atoms with Crippen LogP contribution in [0.4, 0.5) is 0 Å². The van der Waals surface area contributed by atoms with Gasteiger partial charge in [0.1, 0.15) is 5.54 Å². The lowest BCUT2D eigenvalue weighted by Gasteiger charge is -2.37. The Kier molecular flexibility index (Phi) is 5.06. The summed E-state index contributed by atoms with van der Waals surface area (Å²) in [6, 6.07) is 32.2. The highest BCUT2D eigenvalue weighted by atomic mass is 16.3. The summed E-state index contributed by atoms with van der Waals surface area (Å²) in [6.45, 7) is -0.365. The van der Waals surface area contributed by atoms with Crippen LogP contribution < -0.4 is 0 Å². The van der Waals surface area contributed by atoms with Crippen molar-refractivity contribution in [2.24, 2.45) is 0 Å². The molecule has 4 nitrogen and oxygen atoms in total. The van der Waals surface area contributed by atoms with Crippen molar-refractivity contribution in [3.8, 4) is 0 Å². The minimum Gasteiger partial charge on any atom is -0.390 e. The lowest BCUT2D eigenvalue weighted by Crippen LogP contribution is -2.39. The Morgan fingerprint density at radius 1 is 0.643 bits per heavy atom. The largest absolute Gasteiger partial charge is 0.390 e. The van der Waals surface area contributed by atoms with Gasteiger partial charge in [-0.25, -0.2) is 4.68 Å². The molecule has 0 amide bonds. The molecule has 0 radical (unpaired) electrons. The molecule has 2 N–H and O–H groups in total. The van der Waals surface area contributed by atoms with Crippen LogP contribution in [-0.2, 0) is 18.8 Å². The smallest absolute Gasteiger partial charge is 0.138 e. The third-order valence-corrected chi connectivity index (χ3v) is 5.05. The molecular weight excluding hydrogens is 348 g/mol. The summed E-state index contributed by atoms with van der Waals surface area (Å²) in [4.78, 5) is 0. The first kappa shape index (κ1) is 18.2. The van der Waals surface area contributed by atoms with Gasteiger partial charge in [-0.1, -0.05) is 91.0 Å². The average molecular weight is 370 g/mol. The molecule has 3 aromatic carbocycles. The van der Waals surface area contributed by atoms with E-state index in [1.165, 1.54) is 0 Å². The fraction of sp³-hybridized carbons (Fsp3) is 0.125. The van der Waals surface area contributed by atoms with Crippen molar-refractivity contribution in [2.75, 3.05) is 0 Å². The fourth-order valence-corrected chi connectivity index (χ4v) is 3.86. The Labute approximate surface area is 164 Å². The average Bonchev–Trinajstić information content (AvgIpc) is 3.20. The molecule has 0 saturated carbocycles. The SMILES string of the molecule is OCc1cc(CO)n(C(c2ccccc2)(c2ccccc2)c2ccccc2)n1. The molecule has 0 bridgehead atoms. The maximum Gasteiger partial charge on any atom is 0.138 e. The van der Waals surface area contributed by atoms with E-state index in [4.69, 9.17) is 5.10 Å². The van der Waals surface area contributed by atoms with E-state index < -0.39 is 5.54 Å². The summed E-state index contributed by atoms with van der Waals surface area (Å²) in [7, 11) is 0. The van der Waals surface area contributed by atoms with Crippen LogP contribution in [-0.4, -0.2) is 20.0 Å². The van der Waals surface area contributed by atoms with Crippen LogP contribution in [0.25, 0.3) is 0 Å². The Morgan fingerprint density at radius 2 is 1.07 bits per heavy atom. The molecular formula is C24H22N2O2. The molecule has 28 heavy (non-hydrogen) atoms. The zero-order valence-corrected chi connectivity index (χ0v) is 15.4. The van der Waals surface area contributed by atoms with Crippen molar-refractivity contribution in [1.29, 1.82) is 0 Å². The number of aliphatic hydroxyl groups excluding tert-OH is 2. The number of rotatable bonds is 6. The summed E-state index contributed by atoms with van der Waals surface area (Å²) in [5, 5.41) is 24.5. The van der Waals surface area contributed by atoms with Gasteiger partial charge in [0.05, 0.1) is 24.6 Å². The predicted octanol–water partition coefficient (Wildman–Crippen LogP) is 3.71. The standard InChI is InChI=1S/C24H22N2O2/c27-17-22-16-23(18-28)26(25-22)24(19-10-4-1-5-11-19,20-12-6-2-7-13-20)21-14-8-3-9-15-21/h1-16,27-28H,17-18H2. The molecule has 4 rings (SSSR count).